The molecule has 0 aromatic heterocycles. The summed E-state index contributed by atoms with van der Waals surface area (Å²) in [5.41, 5.74) is 2.27. The summed E-state index contributed by atoms with van der Waals surface area (Å²) in [6.45, 7) is 2.97. The van der Waals surface area contributed by atoms with Crippen LogP contribution in [0.25, 0.3) is 0 Å². The third-order valence-electron chi connectivity index (χ3n) is 3.50. The van der Waals surface area contributed by atoms with Crippen molar-refractivity contribution >= 4 is 23.2 Å². The van der Waals surface area contributed by atoms with Crippen molar-refractivity contribution in [3.63, 3.8) is 0 Å². The average Bonchev–Trinajstić information content (AvgIpc) is 2.47. The van der Waals surface area contributed by atoms with E-state index >= 15 is 0 Å². The third-order valence-corrected chi connectivity index (χ3v) is 4.09. The summed E-state index contributed by atoms with van der Waals surface area (Å²) >= 11 is 12.1. The first-order valence-corrected chi connectivity index (χ1v) is 7.82. The van der Waals surface area contributed by atoms with Crippen molar-refractivity contribution in [2.45, 2.75) is 25.8 Å². The first-order chi connectivity index (χ1) is 10.1. The molecule has 0 saturated carbocycles. The molecule has 0 bridgehead atoms. The number of nitrogens with one attached hydrogen (secondary N) is 1. The van der Waals surface area contributed by atoms with Gasteiger partial charge in [-0.1, -0.05) is 48.3 Å². The van der Waals surface area contributed by atoms with Gasteiger partial charge in [-0.2, -0.15) is 0 Å². The van der Waals surface area contributed by atoms with E-state index in [1.807, 2.05) is 24.3 Å². The second-order valence-corrected chi connectivity index (χ2v) is 5.84. The number of benzene rings is 2. The van der Waals surface area contributed by atoms with Crippen LogP contribution >= 0.6 is 23.2 Å². The lowest BCUT2D eigenvalue weighted by Crippen LogP contribution is -2.23. The van der Waals surface area contributed by atoms with Gasteiger partial charge in [0.1, 0.15) is 5.75 Å². The Morgan fingerprint density at radius 1 is 1.10 bits per heavy atom. The van der Waals surface area contributed by atoms with Crippen LogP contribution in [0.4, 0.5) is 0 Å². The van der Waals surface area contributed by atoms with Gasteiger partial charge in [-0.15, -0.1) is 0 Å². The maximum absolute atomic E-state index is 9.34. The van der Waals surface area contributed by atoms with Crippen LogP contribution in [0.15, 0.2) is 42.5 Å². The molecule has 1 atom stereocenters. The van der Waals surface area contributed by atoms with Gasteiger partial charge in [-0.3, -0.25) is 0 Å². The number of halogens is 2. The summed E-state index contributed by atoms with van der Waals surface area (Å²) in [6, 6.07) is 13.2. The minimum absolute atomic E-state index is 0.275. The number of rotatable bonds is 6. The third kappa shape index (κ3) is 4.63. The Kier molecular flexibility index (Phi) is 5.92. The van der Waals surface area contributed by atoms with Crippen LogP contribution in [0, 0.1) is 0 Å². The predicted molar refractivity (Wildman–Crippen MR) is 89.3 cm³/mol. The van der Waals surface area contributed by atoms with E-state index in [1.165, 1.54) is 5.56 Å². The van der Waals surface area contributed by atoms with Crippen molar-refractivity contribution in [3.8, 4) is 5.75 Å². The highest BCUT2D eigenvalue weighted by molar-refractivity contribution is 6.35. The van der Waals surface area contributed by atoms with E-state index in [2.05, 4.69) is 12.2 Å². The average molecular weight is 324 g/mol. The van der Waals surface area contributed by atoms with Gasteiger partial charge >= 0.3 is 0 Å². The van der Waals surface area contributed by atoms with E-state index in [9.17, 15) is 5.11 Å². The van der Waals surface area contributed by atoms with Crippen LogP contribution in [0.2, 0.25) is 10.0 Å². The van der Waals surface area contributed by atoms with Crippen molar-refractivity contribution in [3.05, 3.63) is 63.6 Å². The minimum atomic E-state index is 0.275. The summed E-state index contributed by atoms with van der Waals surface area (Å²) in [7, 11) is 0. The van der Waals surface area contributed by atoms with E-state index in [4.69, 9.17) is 23.2 Å². The SMILES string of the molecule is CCC(NCCc1ccc(Cl)cc1Cl)c1ccc(O)cc1. The molecule has 0 saturated heterocycles. The Morgan fingerprint density at radius 2 is 1.81 bits per heavy atom. The summed E-state index contributed by atoms with van der Waals surface area (Å²) < 4.78 is 0. The van der Waals surface area contributed by atoms with Crippen LogP contribution in [0.5, 0.6) is 5.75 Å². The zero-order chi connectivity index (χ0) is 15.2. The van der Waals surface area contributed by atoms with Gasteiger partial charge in [0.05, 0.1) is 0 Å². The highest BCUT2D eigenvalue weighted by Gasteiger charge is 2.09. The molecule has 21 heavy (non-hydrogen) atoms. The van der Waals surface area contributed by atoms with Gasteiger partial charge in [0.15, 0.2) is 0 Å². The molecule has 1 unspecified atom stereocenters. The first-order valence-electron chi connectivity index (χ1n) is 7.06. The zero-order valence-electron chi connectivity index (χ0n) is 11.9. The molecule has 2 N–H and O–H groups in total. The lowest BCUT2D eigenvalue weighted by molar-refractivity contribution is 0.473. The van der Waals surface area contributed by atoms with Crippen LogP contribution in [0.1, 0.15) is 30.5 Å². The Balaban J connectivity index is 1.93. The van der Waals surface area contributed by atoms with E-state index in [1.54, 1.807) is 18.2 Å². The molecule has 0 aliphatic rings. The molecule has 0 aliphatic carbocycles. The molecule has 2 aromatic carbocycles. The summed E-state index contributed by atoms with van der Waals surface area (Å²) in [5, 5.41) is 14.2. The minimum Gasteiger partial charge on any atom is -0.508 e. The van der Waals surface area contributed by atoms with Gasteiger partial charge in [-0.25, -0.2) is 0 Å². The molecule has 2 aromatic rings. The fraction of sp³-hybridized carbons (Fsp3) is 0.294. The standard InChI is InChI=1S/C17H19Cl2NO/c1-2-17(13-4-7-15(21)8-5-13)20-10-9-12-3-6-14(18)11-16(12)19/h3-8,11,17,20-21H,2,9-10H2,1H3. The lowest BCUT2D eigenvalue weighted by atomic mass is 10.0. The largest absolute Gasteiger partial charge is 0.508 e. The zero-order valence-corrected chi connectivity index (χ0v) is 13.5. The second-order valence-electron chi connectivity index (χ2n) is 4.99. The second kappa shape index (κ2) is 7.69. The fourth-order valence-corrected chi connectivity index (χ4v) is 2.81. The summed E-state index contributed by atoms with van der Waals surface area (Å²) in [5.74, 6) is 0.293. The molecule has 0 amide bonds. The van der Waals surface area contributed by atoms with Crippen molar-refractivity contribution in [2.75, 3.05) is 6.54 Å². The van der Waals surface area contributed by atoms with Gasteiger partial charge < -0.3 is 10.4 Å². The van der Waals surface area contributed by atoms with E-state index in [0.29, 0.717) is 15.8 Å². The van der Waals surface area contributed by atoms with Crippen molar-refractivity contribution < 1.29 is 5.11 Å². The van der Waals surface area contributed by atoms with Gasteiger partial charge in [0.2, 0.25) is 0 Å². The number of hydrogen-bond acceptors (Lipinski definition) is 2. The lowest BCUT2D eigenvalue weighted by Gasteiger charge is -2.18. The first kappa shape index (κ1) is 16.2. The van der Waals surface area contributed by atoms with Crippen molar-refractivity contribution in [2.24, 2.45) is 0 Å². The van der Waals surface area contributed by atoms with Crippen molar-refractivity contribution in [1.82, 2.24) is 5.32 Å². The smallest absolute Gasteiger partial charge is 0.115 e. The monoisotopic (exact) mass is 323 g/mol. The van der Waals surface area contributed by atoms with Crippen LogP contribution in [-0.2, 0) is 6.42 Å². The molecular weight excluding hydrogens is 305 g/mol. The molecule has 2 nitrogen and oxygen atoms in total. The molecule has 0 fully saturated rings. The number of phenolic OH excluding ortho intramolecular Hbond substituents is 1. The van der Waals surface area contributed by atoms with Crippen molar-refractivity contribution in [1.29, 1.82) is 0 Å². The van der Waals surface area contributed by atoms with Crippen LogP contribution in [0.3, 0.4) is 0 Å². The van der Waals surface area contributed by atoms with Crippen LogP contribution < -0.4 is 5.32 Å². The highest BCUT2D eigenvalue weighted by atomic mass is 35.5. The van der Waals surface area contributed by atoms with E-state index in [-0.39, 0.29) is 6.04 Å². The Labute approximate surface area is 135 Å². The maximum atomic E-state index is 9.34. The van der Waals surface area contributed by atoms with Gasteiger partial charge in [0.25, 0.3) is 0 Å². The van der Waals surface area contributed by atoms with E-state index < -0.39 is 0 Å². The predicted octanol–water partition coefficient (Wildman–Crippen LogP) is 4.98. The molecule has 0 heterocycles. The molecular formula is C17H19Cl2NO. The topological polar surface area (TPSA) is 32.3 Å². The summed E-state index contributed by atoms with van der Waals surface area (Å²) in [4.78, 5) is 0. The molecule has 112 valence electrons. The van der Waals surface area contributed by atoms with Gasteiger partial charge in [-0.05, 0) is 54.8 Å². The number of phenols is 1. The Hall–Kier alpha value is -1.22. The number of hydrogen-bond donors (Lipinski definition) is 2. The van der Waals surface area contributed by atoms with Gasteiger partial charge in [0, 0.05) is 16.1 Å². The Bertz CT molecular complexity index is 584. The molecule has 0 radical (unpaired) electrons. The summed E-state index contributed by atoms with van der Waals surface area (Å²) in [6.07, 6.45) is 1.84. The molecule has 0 spiro atoms. The molecule has 2 rings (SSSR count). The normalized spacial score (nSPS) is 12.3. The molecule has 0 aliphatic heterocycles. The maximum Gasteiger partial charge on any atom is 0.115 e. The highest BCUT2D eigenvalue weighted by Crippen LogP contribution is 2.22. The van der Waals surface area contributed by atoms with Crippen LogP contribution in [-0.4, -0.2) is 11.7 Å². The quantitative estimate of drug-likeness (QED) is 0.785. The molecule has 4 heteroatoms. The Morgan fingerprint density at radius 3 is 2.43 bits per heavy atom. The number of aromatic hydroxyl groups is 1. The fourth-order valence-electron chi connectivity index (χ4n) is 2.31. The van der Waals surface area contributed by atoms with E-state index in [0.717, 1.165) is 24.9 Å².